The molecular formula is C58H39N7. The van der Waals surface area contributed by atoms with Crippen LogP contribution in [0.25, 0.3) is 117 Å². The first kappa shape index (κ1) is 36.0. The van der Waals surface area contributed by atoms with Crippen molar-refractivity contribution in [3.8, 4) is 29.0 Å². The topological polar surface area (TPSA) is 58.4 Å². The molecule has 7 nitrogen and oxygen atoms in total. The van der Waals surface area contributed by atoms with E-state index in [1.165, 1.54) is 27.4 Å². The molecule has 0 atom stereocenters. The number of aromatic nitrogens is 7. The second kappa shape index (κ2) is 14.0. The molecular weight excluding hydrogens is 795 g/mol. The van der Waals surface area contributed by atoms with E-state index in [2.05, 4.69) is 212 Å². The van der Waals surface area contributed by atoms with E-state index in [-0.39, 0.29) is 0 Å². The Kier molecular flexibility index (Phi) is 7.74. The van der Waals surface area contributed by atoms with Crippen LogP contribution in [-0.2, 0) is 6.42 Å². The van der Waals surface area contributed by atoms with Crippen molar-refractivity contribution in [2.24, 2.45) is 0 Å². The number of hydrogen-bond acceptors (Lipinski definition) is 3. The molecule has 0 bridgehead atoms. The zero-order chi connectivity index (χ0) is 42.6. The highest BCUT2D eigenvalue weighted by Gasteiger charge is 2.27. The largest absolute Gasteiger partial charge is 0.309 e. The lowest BCUT2D eigenvalue weighted by Gasteiger charge is -2.15. The minimum atomic E-state index is 0.558. The van der Waals surface area contributed by atoms with E-state index in [0.717, 1.165) is 96.4 Å². The van der Waals surface area contributed by atoms with Gasteiger partial charge in [-0.2, -0.15) is 15.0 Å². The van der Waals surface area contributed by atoms with E-state index >= 15 is 0 Å². The third-order valence-electron chi connectivity index (χ3n) is 13.5. The lowest BCUT2D eigenvalue weighted by atomic mass is 10.00. The second-order valence-corrected chi connectivity index (χ2v) is 17.1. The van der Waals surface area contributed by atoms with Gasteiger partial charge in [-0.1, -0.05) is 146 Å². The van der Waals surface area contributed by atoms with E-state index in [1.807, 2.05) is 6.07 Å². The third-order valence-corrected chi connectivity index (χ3v) is 13.5. The summed E-state index contributed by atoms with van der Waals surface area (Å²) in [6.07, 6.45) is 18.6. The Balaban J connectivity index is 1.12. The Bertz CT molecular complexity index is 4080. The highest BCUT2D eigenvalue weighted by atomic mass is 15.3. The van der Waals surface area contributed by atoms with Crippen LogP contribution in [0.5, 0.6) is 0 Å². The molecule has 0 radical (unpaired) electrons. The number of aryl methyl sites for hydroxylation is 1. The SMILES string of the molecule is C1=CCC=C(n2c3c(c4ccc5c6ccccc6n(-c6nc(-c7ccccc7)nc(-n7c8ccccc8c8cc9c(cc87)c7ccccc7n9-c7ccccc7)n6)c5c42)CCC=C3)C=C1. The third kappa shape index (κ3) is 5.27. The van der Waals surface area contributed by atoms with Crippen LogP contribution in [0.3, 0.4) is 0 Å². The zero-order valence-electron chi connectivity index (χ0n) is 35.3. The first-order valence-corrected chi connectivity index (χ1v) is 22.4. The zero-order valence-corrected chi connectivity index (χ0v) is 35.3. The minimum absolute atomic E-state index is 0.558. The molecule has 0 saturated heterocycles. The summed E-state index contributed by atoms with van der Waals surface area (Å²) in [6, 6.07) is 56.3. The fourth-order valence-corrected chi connectivity index (χ4v) is 10.7. The van der Waals surface area contributed by atoms with Gasteiger partial charge in [0.1, 0.15) is 0 Å². The lowest BCUT2D eigenvalue weighted by molar-refractivity contribution is 0.893. The first-order chi connectivity index (χ1) is 32.3. The van der Waals surface area contributed by atoms with Crippen molar-refractivity contribution in [3.05, 3.63) is 205 Å². The molecule has 65 heavy (non-hydrogen) atoms. The van der Waals surface area contributed by atoms with E-state index in [4.69, 9.17) is 15.0 Å². The van der Waals surface area contributed by atoms with Crippen LogP contribution < -0.4 is 0 Å². The summed E-state index contributed by atoms with van der Waals surface area (Å²) in [5.74, 6) is 1.73. The first-order valence-electron chi connectivity index (χ1n) is 22.4. The maximum absolute atomic E-state index is 5.62. The summed E-state index contributed by atoms with van der Waals surface area (Å²) in [5.41, 5.74) is 13.5. The van der Waals surface area contributed by atoms with Gasteiger partial charge in [-0.3, -0.25) is 9.13 Å². The van der Waals surface area contributed by atoms with Gasteiger partial charge in [0, 0.05) is 60.3 Å². The molecule has 5 heterocycles. The van der Waals surface area contributed by atoms with Crippen LogP contribution in [0.4, 0.5) is 0 Å². The lowest BCUT2D eigenvalue weighted by Crippen LogP contribution is -2.10. The molecule has 5 aromatic heterocycles. The molecule has 14 rings (SSSR count). The molecule has 306 valence electrons. The van der Waals surface area contributed by atoms with Crippen molar-refractivity contribution in [2.45, 2.75) is 19.3 Å². The summed E-state index contributed by atoms with van der Waals surface area (Å²) in [7, 11) is 0. The van der Waals surface area contributed by atoms with Crippen molar-refractivity contribution in [2.75, 3.05) is 0 Å². The molecule has 7 heteroatoms. The summed E-state index contributed by atoms with van der Waals surface area (Å²) in [6.45, 7) is 0. The monoisotopic (exact) mass is 833 g/mol. The number of rotatable bonds is 5. The van der Waals surface area contributed by atoms with E-state index in [9.17, 15) is 0 Å². The van der Waals surface area contributed by atoms with Crippen LogP contribution in [0.1, 0.15) is 24.1 Å². The van der Waals surface area contributed by atoms with Crippen LogP contribution >= 0.6 is 0 Å². The van der Waals surface area contributed by atoms with Crippen molar-refractivity contribution in [1.82, 2.24) is 33.2 Å². The van der Waals surface area contributed by atoms with E-state index < -0.39 is 0 Å². The molecule has 0 spiro atoms. The average Bonchev–Trinajstić information content (AvgIpc) is 4.02. The van der Waals surface area contributed by atoms with Gasteiger partial charge in [-0.25, -0.2) is 0 Å². The Labute approximate surface area is 373 Å². The molecule has 7 aromatic carbocycles. The van der Waals surface area contributed by atoms with Gasteiger partial charge in [0.15, 0.2) is 5.82 Å². The molecule has 2 aliphatic carbocycles. The maximum Gasteiger partial charge on any atom is 0.240 e. The fourth-order valence-electron chi connectivity index (χ4n) is 10.7. The molecule has 12 aromatic rings. The molecule has 0 aliphatic heterocycles. The van der Waals surface area contributed by atoms with Gasteiger partial charge in [0.2, 0.25) is 11.9 Å². The highest BCUT2D eigenvalue weighted by Crippen LogP contribution is 2.44. The number of benzene rings is 7. The van der Waals surface area contributed by atoms with Crippen LogP contribution in [0.2, 0.25) is 0 Å². The fraction of sp³-hybridized carbons (Fsp3) is 0.0517. The average molecular weight is 834 g/mol. The van der Waals surface area contributed by atoms with Crippen molar-refractivity contribution in [3.63, 3.8) is 0 Å². The molecule has 0 fully saturated rings. The molecule has 0 N–H and O–H groups in total. The number of hydrogen-bond donors (Lipinski definition) is 0. The molecule has 0 saturated carbocycles. The van der Waals surface area contributed by atoms with Gasteiger partial charge in [0.25, 0.3) is 0 Å². The number of fused-ring (bicyclic) bond motifs is 13. The highest BCUT2D eigenvalue weighted by molar-refractivity contribution is 6.20. The summed E-state index contributed by atoms with van der Waals surface area (Å²) in [5, 5.41) is 8.18. The number of para-hydroxylation sites is 4. The van der Waals surface area contributed by atoms with Crippen molar-refractivity contribution in [1.29, 1.82) is 0 Å². The summed E-state index contributed by atoms with van der Waals surface area (Å²) < 4.78 is 9.41. The molecule has 0 amide bonds. The quantitative estimate of drug-likeness (QED) is 0.174. The predicted molar refractivity (Wildman–Crippen MR) is 268 cm³/mol. The predicted octanol–water partition coefficient (Wildman–Crippen LogP) is 14.1. The van der Waals surface area contributed by atoms with Crippen molar-refractivity contribution >= 4 is 88.1 Å². The molecule has 0 unspecified atom stereocenters. The normalized spacial score (nSPS) is 13.9. The van der Waals surface area contributed by atoms with Crippen molar-refractivity contribution < 1.29 is 0 Å². The standard InChI is InChI=1S/C58H39N7/c1-2-8-24-39(23-7-1)63-49-30-16-11-25-40(49)44-33-34-45-41-26-12-18-32-51(41)65(55(45)54(44)63)58-60-56(37-19-5-3-6-20-37)59-57(61-58)64-50-31-17-14-28-43(50)47-35-52-46(36-53(47)64)42-27-13-15-29-48(42)62(52)38-21-9-4-10-22-38/h1-7,9-10,12-24,26-36H,8,11,25H2. The Morgan fingerprint density at radius 3 is 1.74 bits per heavy atom. The minimum Gasteiger partial charge on any atom is -0.309 e. The number of allylic oxidation sites excluding steroid dienone is 7. The van der Waals surface area contributed by atoms with Gasteiger partial charge in [0.05, 0.1) is 38.6 Å². The summed E-state index contributed by atoms with van der Waals surface area (Å²) >= 11 is 0. The second-order valence-electron chi connectivity index (χ2n) is 17.1. The van der Waals surface area contributed by atoms with Gasteiger partial charge < -0.3 is 9.13 Å². The Morgan fingerprint density at radius 1 is 0.415 bits per heavy atom. The van der Waals surface area contributed by atoms with E-state index in [1.54, 1.807) is 0 Å². The van der Waals surface area contributed by atoms with Gasteiger partial charge in [-0.15, -0.1) is 0 Å². The maximum atomic E-state index is 5.62. The van der Waals surface area contributed by atoms with Gasteiger partial charge in [-0.05, 0) is 79.4 Å². The van der Waals surface area contributed by atoms with Gasteiger partial charge >= 0.3 is 0 Å². The molecule has 2 aliphatic rings. The van der Waals surface area contributed by atoms with Crippen LogP contribution in [0.15, 0.2) is 194 Å². The Hall–Kier alpha value is -8.55. The van der Waals surface area contributed by atoms with E-state index in [0.29, 0.717) is 17.7 Å². The Morgan fingerprint density at radius 2 is 1.00 bits per heavy atom. The smallest absolute Gasteiger partial charge is 0.240 e. The summed E-state index contributed by atoms with van der Waals surface area (Å²) in [4.78, 5) is 16.5. The van der Waals surface area contributed by atoms with Crippen LogP contribution in [-0.4, -0.2) is 33.2 Å². The van der Waals surface area contributed by atoms with Crippen LogP contribution in [0, 0.1) is 0 Å². The number of nitrogens with zero attached hydrogens (tertiary/aromatic N) is 7.